The van der Waals surface area contributed by atoms with Gasteiger partial charge in [-0.2, -0.15) is 5.10 Å². The molecule has 1 aliphatic rings. The van der Waals surface area contributed by atoms with Gasteiger partial charge < -0.3 is 20.7 Å². The summed E-state index contributed by atoms with van der Waals surface area (Å²) >= 11 is 3.48. The maximum Gasteiger partial charge on any atom is 0.316 e. The second kappa shape index (κ2) is 10.3. The molecule has 3 aromatic carbocycles. The molecule has 3 amide bonds. The molecule has 0 spiro atoms. The Morgan fingerprint density at radius 2 is 1.78 bits per heavy atom. The minimum absolute atomic E-state index is 0.0177. The Morgan fingerprint density at radius 3 is 2.47 bits per heavy atom. The number of nitrogens with two attached hydrogens (primary N) is 1. The highest BCUT2D eigenvalue weighted by atomic mass is 79.9. The van der Waals surface area contributed by atoms with E-state index in [0.29, 0.717) is 18.7 Å². The number of anilines is 1. The zero-order valence-corrected chi connectivity index (χ0v) is 20.9. The quantitative estimate of drug-likeness (QED) is 0.345. The Kier molecular flexibility index (Phi) is 6.84. The van der Waals surface area contributed by atoms with Crippen molar-refractivity contribution in [2.75, 3.05) is 18.5 Å². The van der Waals surface area contributed by atoms with Gasteiger partial charge in [-0.1, -0.05) is 58.4 Å². The first-order valence-electron chi connectivity index (χ1n) is 11.5. The van der Waals surface area contributed by atoms with E-state index < -0.39 is 12.3 Å². The summed E-state index contributed by atoms with van der Waals surface area (Å²) < 4.78 is 8.80. The maximum atomic E-state index is 12.8. The van der Waals surface area contributed by atoms with Crippen LogP contribution in [0.15, 0.2) is 89.5 Å². The fourth-order valence-electron chi connectivity index (χ4n) is 4.21. The molecule has 4 aromatic rings. The zero-order chi connectivity index (χ0) is 25.1. The van der Waals surface area contributed by atoms with Gasteiger partial charge in [-0.3, -0.25) is 4.79 Å². The van der Waals surface area contributed by atoms with Gasteiger partial charge in [0.25, 0.3) is 5.91 Å². The number of halogens is 1. The van der Waals surface area contributed by atoms with Gasteiger partial charge >= 0.3 is 6.03 Å². The standard InChI is InChI=1S/C27H24BrN5O3/c28-20-8-12-22(13-9-20)33-16-23(25(31-33)19-4-2-1-3-5-19)26-32(24(34)17-36-26)15-14-18-6-10-21(11-7-18)30-27(29)35/h1-13,16,26H,14-15,17H2,(H3,29,30,35)/t26-/m1/s1. The molecule has 0 unspecified atom stereocenters. The Bertz CT molecular complexity index is 1370. The van der Waals surface area contributed by atoms with Crippen LogP contribution >= 0.6 is 15.9 Å². The number of urea groups is 1. The number of benzene rings is 3. The first-order chi connectivity index (χ1) is 17.5. The molecule has 0 aliphatic carbocycles. The van der Waals surface area contributed by atoms with Gasteiger partial charge in [0.2, 0.25) is 0 Å². The molecule has 182 valence electrons. The van der Waals surface area contributed by atoms with E-state index in [0.717, 1.165) is 32.5 Å². The van der Waals surface area contributed by atoms with Gasteiger partial charge in [-0.05, 0) is 48.4 Å². The van der Waals surface area contributed by atoms with Crippen molar-refractivity contribution in [3.05, 3.63) is 101 Å². The first-order valence-corrected chi connectivity index (χ1v) is 12.2. The number of amides is 3. The monoisotopic (exact) mass is 545 g/mol. The van der Waals surface area contributed by atoms with Crippen LogP contribution in [0, 0.1) is 0 Å². The number of ether oxygens (including phenoxy) is 1. The molecule has 8 nitrogen and oxygen atoms in total. The summed E-state index contributed by atoms with van der Waals surface area (Å²) in [6, 6.07) is 24.5. The van der Waals surface area contributed by atoms with Crippen molar-refractivity contribution in [3.8, 4) is 16.9 Å². The molecule has 3 N–H and O–H groups in total. The van der Waals surface area contributed by atoms with E-state index in [-0.39, 0.29) is 12.5 Å². The smallest absolute Gasteiger partial charge is 0.316 e. The van der Waals surface area contributed by atoms with E-state index in [1.165, 1.54) is 0 Å². The van der Waals surface area contributed by atoms with Crippen LogP contribution in [0.25, 0.3) is 16.9 Å². The van der Waals surface area contributed by atoms with E-state index >= 15 is 0 Å². The maximum absolute atomic E-state index is 12.8. The lowest BCUT2D eigenvalue weighted by Crippen LogP contribution is -2.30. The molecule has 1 saturated heterocycles. The van der Waals surface area contributed by atoms with Gasteiger partial charge in [0.05, 0.1) is 5.69 Å². The molecule has 1 atom stereocenters. The van der Waals surface area contributed by atoms with E-state index in [9.17, 15) is 9.59 Å². The summed E-state index contributed by atoms with van der Waals surface area (Å²) in [6.45, 7) is 0.494. The van der Waals surface area contributed by atoms with E-state index in [4.69, 9.17) is 15.6 Å². The molecular formula is C27H24BrN5O3. The summed E-state index contributed by atoms with van der Waals surface area (Å²) in [5.41, 5.74) is 10.3. The summed E-state index contributed by atoms with van der Waals surface area (Å²) in [5.74, 6) is -0.0672. The lowest BCUT2D eigenvalue weighted by molar-refractivity contribution is -0.128. The van der Waals surface area contributed by atoms with Crippen LogP contribution in [0.5, 0.6) is 0 Å². The molecule has 36 heavy (non-hydrogen) atoms. The minimum Gasteiger partial charge on any atom is -0.351 e. The summed E-state index contributed by atoms with van der Waals surface area (Å²) in [5, 5.41) is 7.42. The molecule has 5 rings (SSSR count). The van der Waals surface area contributed by atoms with Crippen molar-refractivity contribution in [1.29, 1.82) is 0 Å². The van der Waals surface area contributed by atoms with Crippen molar-refractivity contribution in [2.45, 2.75) is 12.6 Å². The number of carbonyl (C=O) groups excluding carboxylic acids is 2. The Balaban J connectivity index is 1.43. The summed E-state index contributed by atoms with van der Waals surface area (Å²) in [6.07, 6.45) is 2.02. The molecule has 0 saturated carbocycles. The highest BCUT2D eigenvalue weighted by Gasteiger charge is 2.36. The topological polar surface area (TPSA) is 102 Å². The van der Waals surface area contributed by atoms with Gasteiger partial charge in [0.15, 0.2) is 6.23 Å². The predicted octanol–water partition coefficient (Wildman–Crippen LogP) is 4.89. The van der Waals surface area contributed by atoms with Crippen molar-refractivity contribution in [3.63, 3.8) is 0 Å². The van der Waals surface area contributed by atoms with Crippen molar-refractivity contribution >= 4 is 33.6 Å². The van der Waals surface area contributed by atoms with E-state index in [2.05, 4.69) is 21.2 Å². The fraction of sp³-hybridized carbons (Fsp3) is 0.148. The fourth-order valence-corrected chi connectivity index (χ4v) is 4.48. The van der Waals surface area contributed by atoms with Gasteiger partial charge in [-0.25, -0.2) is 9.48 Å². The van der Waals surface area contributed by atoms with E-state index in [1.54, 1.807) is 17.0 Å². The number of aromatic nitrogens is 2. The van der Waals surface area contributed by atoms with Crippen LogP contribution in [0.3, 0.4) is 0 Å². The molecule has 2 heterocycles. The van der Waals surface area contributed by atoms with Crippen LogP contribution in [0.2, 0.25) is 0 Å². The molecule has 1 fully saturated rings. The number of rotatable bonds is 7. The third-order valence-electron chi connectivity index (χ3n) is 5.98. The van der Waals surface area contributed by atoms with Crippen LogP contribution in [-0.4, -0.2) is 39.8 Å². The number of nitrogens with zero attached hydrogens (tertiary/aromatic N) is 3. The summed E-state index contributed by atoms with van der Waals surface area (Å²) in [7, 11) is 0. The Labute approximate surface area is 216 Å². The van der Waals surface area contributed by atoms with Crippen LogP contribution in [0.4, 0.5) is 10.5 Å². The molecule has 9 heteroatoms. The molecule has 0 bridgehead atoms. The lowest BCUT2D eigenvalue weighted by Gasteiger charge is -2.23. The Morgan fingerprint density at radius 1 is 1.06 bits per heavy atom. The van der Waals surface area contributed by atoms with Gasteiger partial charge in [0.1, 0.15) is 12.3 Å². The van der Waals surface area contributed by atoms with Crippen molar-refractivity contribution in [2.24, 2.45) is 5.73 Å². The second-order valence-corrected chi connectivity index (χ2v) is 9.32. The average Bonchev–Trinajstić information content (AvgIpc) is 3.48. The second-order valence-electron chi connectivity index (χ2n) is 8.41. The predicted molar refractivity (Wildman–Crippen MR) is 140 cm³/mol. The number of hydrogen-bond donors (Lipinski definition) is 2. The molecule has 1 aliphatic heterocycles. The summed E-state index contributed by atoms with van der Waals surface area (Å²) in [4.78, 5) is 25.6. The van der Waals surface area contributed by atoms with Gasteiger partial charge in [-0.15, -0.1) is 0 Å². The first kappa shape index (κ1) is 23.8. The molecular weight excluding hydrogens is 522 g/mol. The van der Waals surface area contributed by atoms with E-state index in [1.807, 2.05) is 77.6 Å². The van der Waals surface area contributed by atoms with Crippen LogP contribution in [0.1, 0.15) is 17.4 Å². The minimum atomic E-state index is -0.608. The number of primary amides is 1. The van der Waals surface area contributed by atoms with Crippen molar-refractivity contribution < 1.29 is 14.3 Å². The molecule has 1 aromatic heterocycles. The highest BCUT2D eigenvalue weighted by molar-refractivity contribution is 9.10. The number of hydrogen-bond acceptors (Lipinski definition) is 4. The van der Waals surface area contributed by atoms with Gasteiger partial charge in [0, 0.05) is 34.0 Å². The normalized spacial score (nSPS) is 15.3. The van der Waals surface area contributed by atoms with Crippen molar-refractivity contribution in [1.82, 2.24) is 14.7 Å². The van der Waals surface area contributed by atoms with Crippen LogP contribution < -0.4 is 11.1 Å². The Hall–Kier alpha value is -3.95. The highest BCUT2D eigenvalue weighted by Crippen LogP contribution is 2.35. The number of nitrogens with one attached hydrogen (secondary N) is 1. The number of carbonyl (C=O) groups is 2. The van der Waals surface area contributed by atoms with Crippen LogP contribution in [-0.2, 0) is 16.0 Å². The largest absolute Gasteiger partial charge is 0.351 e. The average molecular weight is 546 g/mol. The molecule has 0 radical (unpaired) electrons. The SMILES string of the molecule is NC(=O)Nc1ccc(CCN2C(=O)CO[C@@H]2c2cn(-c3ccc(Br)cc3)nc2-c2ccccc2)cc1. The zero-order valence-electron chi connectivity index (χ0n) is 19.3. The third-order valence-corrected chi connectivity index (χ3v) is 6.51. The third kappa shape index (κ3) is 5.17. The lowest BCUT2D eigenvalue weighted by atomic mass is 10.1.